The second-order valence-corrected chi connectivity index (χ2v) is 5.33. The summed E-state index contributed by atoms with van der Waals surface area (Å²) in [5, 5.41) is 0. The van der Waals surface area contributed by atoms with Crippen molar-refractivity contribution in [1.82, 2.24) is 0 Å². The fraction of sp³-hybridized carbons (Fsp3) is 1.00. The molecule has 2 rings (SSSR count). The van der Waals surface area contributed by atoms with Gasteiger partial charge in [0, 0.05) is 6.42 Å². The van der Waals surface area contributed by atoms with Crippen molar-refractivity contribution in [3.8, 4) is 0 Å². The third-order valence-electron chi connectivity index (χ3n) is 2.81. The molecule has 16 heavy (non-hydrogen) atoms. The molecule has 0 aromatic rings. The van der Waals surface area contributed by atoms with E-state index in [-0.39, 0.29) is 11.7 Å². The van der Waals surface area contributed by atoms with E-state index in [2.05, 4.69) is 20.8 Å². The highest BCUT2D eigenvalue weighted by molar-refractivity contribution is 4.77. The zero-order valence-corrected chi connectivity index (χ0v) is 10.4. The predicted octanol–water partition coefficient (Wildman–Crippen LogP) is 1.37. The second-order valence-electron chi connectivity index (χ2n) is 5.33. The van der Waals surface area contributed by atoms with E-state index in [0.29, 0.717) is 25.4 Å². The molecule has 0 aromatic heterocycles. The first-order chi connectivity index (χ1) is 7.55. The Labute approximate surface area is 97.2 Å². The van der Waals surface area contributed by atoms with Crippen molar-refractivity contribution in [3.05, 3.63) is 0 Å². The molecule has 0 N–H and O–H groups in total. The third-order valence-corrected chi connectivity index (χ3v) is 2.81. The van der Waals surface area contributed by atoms with Crippen LogP contribution in [0.3, 0.4) is 0 Å². The number of hydrogen-bond donors (Lipinski definition) is 0. The zero-order valence-electron chi connectivity index (χ0n) is 10.4. The molecular weight excluding hydrogens is 208 g/mol. The van der Waals surface area contributed by atoms with Crippen molar-refractivity contribution in [2.45, 2.75) is 51.1 Å². The highest BCUT2D eigenvalue weighted by Crippen LogP contribution is 2.22. The summed E-state index contributed by atoms with van der Waals surface area (Å²) in [6, 6.07) is 0. The van der Waals surface area contributed by atoms with E-state index in [1.165, 1.54) is 0 Å². The van der Waals surface area contributed by atoms with Gasteiger partial charge >= 0.3 is 0 Å². The topological polar surface area (TPSA) is 43.5 Å². The fourth-order valence-corrected chi connectivity index (χ4v) is 1.73. The van der Waals surface area contributed by atoms with Crippen LogP contribution < -0.4 is 0 Å². The Morgan fingerprint density at radius 3 is 2.31 bits per heavy atom. The molecule has 3 atom stereocenters. The monoisotopic (exact) mass is 230 g/mol. The molecule has 3 unspecified atom stereocenters. The van der Waals surface area contributed by atoms with Crippen molar-refractivity contribution < 1.29 is 18.9 Å². The van der Waals surface area contributed by atoms with Crippen LogP contribution in [0.25, 0.3) is 0 Å². The molecule has 2 fully saturated rings. The average molecular weight is 230 g/mol. The Hall–Kier alpha value is -0.160. The van der Waals surface area contributed by atoms with Gasteiger partial charge in [-0.05, 0) is 20.8 Å². The average Bonchev–Trinajstić information content (AvgIpc) is 3.05. The second kappa shape index (κ2) is 5.00. The van der Waals surface area contributed by atoms with Gasteiger partial charge in [0.25, 0.3) is 0 Å². The molecule has 94 valence electrons. The quantitative estimate of drug-likeness (QED) is 0.591. The van der Waals surface area contributed by atoms with E-state index in [0.717, 1.165) is 19.6 Å². The number of rotatable bonds is 8. The standard InChI is InChI=1S/C12H22O4/c1-9(13-5-10-6-14-10)4-12(2,3)16-8-11-7-15-11/h9-11H,4-8H2,1-3H3. The van der Waals surface area contributed by atoms with Gasteiger partial charge < -0.3 is 18.9 Å². The Kier molecular flexibility index (Phi) is 3.85. The minimum atomic E-state index is -0.143. The van der Waals surface area contributed by atoms with Crippen molar-refractivity contribution >= 4 is 0 Å². The number of ether oxygens (including phenoxy) is 4. The van der Waals surface area contributed by atoms with E-state index in [1.807, 2.05) is 0 Å². The van der Waals surface area contributed by atoms with Gasteiger partial charge in [0.05, 0.1) is 38.1 Å². The lowest BCUT2D eigenvalue weighted by Gasteiger charge is -2.28. The lowest BCUT2D eigenvalue weighted by Crippen LogP contribution is -2.32. The van der Waals surface area contributed by atoms with Crippen molar-refractivity contribution in [2.75, 3.05) is 26.4 Å². The maximum absolute atomic E-state index is 5.81. The molecule has 2 aliphatic heterocycles. The summed E-state index contributed by atoms with van der Waals surface area (Å²) < 4.78 is 21.7. The van der Waals surface area contributed by atoms with Gasteiger partial charge in [-0.25, -0.2) is 0 Å². The number of hydrogen-bond acceptors (Lipinski definition) is 4. The van der Waals surface area contributed by atoms with Crippen LogP contribution in [0, 0.1) is 0 Å². The van der Waals surface area contributed by atoms with Crippen LogP contribution >= 0.6 is 0 Å². The van der Waals surface area contributed by atoms with Gasteiger partial charge in [-0.2, -0.15) is 0 Å². The van der Waals surface area contributed by atoms with Crippen LogP contribution in [0.2, 0.25) is 0 Å². The van der Waals surface area contributed by atoms with Gasteiger partial charge in [0.1, 0.15) is 12.2 Å². The van der Waals surface area contributed by atoms with Gasteiger partial charge in [0.2, 0.25) is 0 Å². The van der Waals surface area contributed by atoms with Crippen LogP contribution in [-0.4, -0.2) is 50.3 Å². The number of epoxide rings is 2. The molecule has 2 aliphatic rings. The fourth-order valence-electron chi connectivity index (χ4n) is 1.73. The van der Waals surface area contributed by atoms with Gasteiger partial charge in [-0.3, -0.25) is 0 Å². The molecule has 0 bridgehead atoms. The lowest BCUT2D eigenvalue weighted by atomic mass is 10.0. The molecule has 2 saturated heterocycles. The molecule has 0 amide bonds. The van der Waals surface area contributed by atoms with E-state index < -0.39 is 0 Å². The first-order valence-electron chi connectivity index (χ1n) is 6.04. The summed E-state index contributed by atoms with van der Waals surface area (Å²) in [5.74, 6) is 0. The van der Waals surface area contributed by atoms with Crippen LogP contribution in [0.1, 0.15) is 27.2 Å². The van der Waals surface area contributed by atoms with Crippen LogP contribution in [-0.2, 0) is 18.9 Å². The van der Waals surface area contributed by atoms with Crippen molar-refractivity contribution in [3.63, 3.8) is 0 Å². The Balaban J connectivity index is 1.59. The largest absolute Gasteiger partial charge is 0.376 e. The summed E-state index contributed by atoms with van der Waals surface area (Å²) >= 11 is 0. The minimum absolute atomic E-state index is 0.143. The highest BCUT2D eigenvalue weighted by atomic mass is 16.6. The zero-order chi connectivity index (χ0) is 11.6. The van der Waals surface area contributed by atoms with Gasteiger partial charge in [0.15, 0.2) is 0 Å². The molecule has 0 radical (unpaired) electrons. The molecule has 0 aliphatic carbocycles. The van der Waals surface area contributed by atoms with Crippen LogP contribution in [0.5, 0.6) is 0 Å². The normalized spacial score (nSPS) is 30.2. The van der Waals surface area contributed by atoms with Gasteiger partial charge in [-0.1, -0.05) is 0 Å². The van der Waals surface area contributed by atoms with Crippen LogP contribution in [0.15, 0.2) is 0 Å². The molecule has 4 nitrogen and oxygen atoms in total. The Morgan fingerprint density at radius 2 is 1.75 bits per heavy atom. The van der Waals surface area contributed by atoms with Gasteiger partial charge in [-0.15, -0.1) is 0 Å². The lowest BCUT2D eigenvalue weighted by molar-refractivity contribution is -0.0668. The summed E-state index contributed by atoms with van der Waals surface area (Å²) in [6.07, 6.45) is 1.77. The van der Waals surface area contributed by atoms with Crippen LogP contribution in [0.4, 0.5) is 0 Å². The van der Waals surface area contributed by atoms with E-state index in [9.17, 15) is 0 Å². The minimum Gasteiger partial charge on any atom is -0.376 e. The van der Waals surface area contributed by atoms with E-state index in [1.54, 1.807) is 0 Å². The maximum atomic E-state index is 5.81. The maximum Gasteiger partial charge on any atom is 0.104 e. The molecule has 0 spiro atoms. The highest BCUT2D eigenvalue weighted by Gasteiger charge is 2.29. The summed E-state index contributed by atoms with van der Waals surface area (Å²) in [4.78, 5) is 0. The summed E-state index contributed by atoms with van der Waals surface area (Å²) in [6.45, 7) is 9.40. The Bertz CT molecular complexity index is 221. The first-order valence-corrected chi connectivity index (χ1v) is 6.04. The summed E-state index contributed by atoms with van der Waals surface area (Å²) in [5.41, 5.74) is -0.143. The third kappa shape index (κ3) is 4.78. The first kappa shape index (κ1) is 12.3. The SMILES string of the molecule is CC(CC(C)(C)OCC1CO1)OCC1CO1. The van der Waals surface area contributed by atoms with Crippen molar-refractivity contribution in [2.24, 2.45) is 0 Å². The molecular formula is C12H22O4. The molecule has 0 aromatic carbocycles. The van der Waals surface area contributed by atoms with E-state index >= 15 is 0 Å². The predicted molar refractivity (Wildman–Crippen MR) is 59.5 cm³/mol. The Morgan fingerprint density at radius 1 is 1.19 bits per heavy atom. The van der Waals surface area contributed by atoms with E-state index in [4.69, 9.17) is 18.9 Å². The summed E-state index contributed by atoms with van der Waals surface area (Å²) in [7, 11) is 0. The molecule has 2 heterocycles. The molecule has 4 heteroatoms. The smallest absolute Gasteiger partial charge is 0.104 e. The van der Waals surface area contributed by atoms with Crippen molar-refractivity contribution in [1.29, 1.82) is 0 Å². The molecule has 0 saturated carbocycles.